The van der Waals surface area contributed by atoms with Gasteiger partial charge < -0.3 is 19.5 Å². The summed E-state index contributed by atoms with van der Waals surface area (Å²) >= 11 is 0. The van der Waals surface area contributed by atoms with Crippen LogP contribution in [0.15, 0.2) is 47.4 Å². The van der Waals surface area contributed by atoms with E-state index in [1.54, 1.807) is 24.3 Å². The number of rotatable bonds is 7. The van der Waals surface area contributed by atoms with Crippen LogP contribution in [0.4, 0.5) is 0 Å². The standard InChI is InChI=1S/C22H26N2O6S/c1-2-28-18-4-6-19(7-5-18)31(26,27)24-11-9-17(10-12-24)22(25)23-14-16-3-8-20-21(13-16)30-15-29-20/h3-8,13,17H,2,9-12,14-15H2,1H3,(H,23,25). The number of hydrogen-bond acceptors (Lipinski definition) is 6. The summed E-state index contributed by atoms with van der Waals surface area (Å²) in [6, 6.07) is 12.0. The summed E-state index contributed by atoms with van der Waals surface area (Å²) in [5, 5.41) is 2.95. The van der Waals surface area contributed by atoms with Crippen molar-refractivity contribution in [1.82, 2.24) is 9.62 Å². The van der Waals surface area contributed by atoms with Crippen molar-refractivity contribution in [2.24, 2.45) is 5.92 Å². The lowest BCUT2D eigenvalue weighted by Gasteiger charge is -2.30. The molecule has 166 valence electrons. The molecule has 8 nitrogen and oxygen atoms in total. The van der Waals surface area contributed by atoms with Gasteiger partial charge in [-0.15, -0.1) is 0 Å². The van der Waals surface area contributed by atoms with Gasteiger partial charge in [0.15, 0.2) is 11.5 Å². The first-order valence-corrected chi connectivity index (χ1v) is 11.8. The van der Waals surface area contributed by atoms with E-state index in [1.807, 2.05) is 25.1 Å². The topological polar surface area (TPSA) is 94.2 Å². The Kier molecular flexibility index (Phi) is 6.33. The van der Waals surface area contributed by atoms with E-state index in [2.05, 4.69) is 5.32 Å². The number of carbonyl (C=O) groups excluding carboxylic acids is 1. The van der Waals surface area contributed by atoms with Crippen molar-refractivity contribution in [2.45, 2.75) is 31.2 Å². The van der Waals surface area contributed by atoms with Crippen LogP contribution in [0, 0.1) is 5.92 Å². The number of piperidine rings is 1. The molecule has 0 atom stereocenters. The van der Waals surface area contributed by atoms with E-state index >= 15 is 0 Å². The van der Waals surface area contributed by atoms with Crippen molar-refractivity contribution in [3.8, 4) is 17.2 Å². The van der Waals surface area contributed by atoms with Crippen molar-refractivity contribution in [1.29, 1.82) is 0 Å². The second-order valence-electron chi connectivity index (χ2n) is 7.49. The fraction of sp³-hybridized carbons (Fsp3) is 0.409. The van der Waals surface area contributed by atoms with Crippen LogP contribution in [-0.4, -0.2) is 45.1 Å². The van der Waals surface area contributed by atoms with Gasteiger partial charge in [0.1, 0.15) is 5.75 Å². The van der Waals surface area contributed by atoms with E-state index in [0.717, 1.165) is 5.56 Å². The molecule has 0 saturated carbocycles. The first-order chi connectivity index (χ1) is 15.0. The number of nitrogens with zero attached hydrogens (tertiary/aromatic N) is 1. The number of benzene rings is 2. The molecule has 1 N–H and O–H groups in total. The molecule has 2 heterocycles. The summed E-state index contributed by atoms with van der Waals surface area (Å²) in [5.74, 6) is 1.76. The van der Waals surface area contributed by atoms with Gasteiger partial charge in [-0.25, -0.2) is 8.42 Å². The Morgan fingerprint density at radius 2 is 1.81 bits per heavy atom. The van der Waals surface area contributed by atoms with Gasteiger partial charge in [-0.3, -0.25) is 4.79 Å². The molecule has 0 aliphatic carbocycles. The van der Waals surface area contributed by atoms with Crippen LogP contribution in [0.2, 0.25) is 0 Å². The number of amides is 1. The normalized spacial score (nSPS) is 16.8. The molecule has 31 heavy (non-hydrogen) atoms. The summed E-state index contributed by atoms with van der Waals surface area (Å²) < 4.78 is 43.3. The van der Waals surface area contributed by atoms with E-state index < -0.39 is 10.0 Å². The molecule has 2 aliphatic rings. The molecule has 0 aromatic heterocycles. The average molecular weight is 447 g/mol. The molecule has 4 rings (SSSR count). The molecule has 0 spiro atoms. The predicted molar refractivity (Wildman–Crippen MR) is 114 cm³/mol. The van der Waals surface area contributed by atoms with Crippen molar-refractivity contribution in [2.75, 3.05) is 26.5 Å². The summed E-state index contributed by atoms with van der Waals surface area (Å²) in [6.07, 6.45) is 0.979. The van der Waals surface area contributed by atoms with E-state index in [4.69, 9.17) is 14.2 Å². The average Bonchev–Trinajstić information content (AvgIpc) is 3.26. The van der Waals surface area contributed by atoms with Gasteiger partial charge in [-0.1, -0.05) is 6.07 Å². The molecular formula is C22H26N2O6S. The first kappa shape index (κ1) is 21.5. The van der Waals surface area contributed by atoms with Gasteiger partial charge >= 0.3 is 0 Å². The van der Waals surface area contributed by atoms with E-state index in [0.29, 0.717) is 56.3 Å². The van der Waals surface area contributed by atoms with Gasteiger partial charge in [-0.2, -0.15) is 4.31 Å². The highest BCUT2D eigenvalue weighted by Gasteiger charge is 2.32. The smallest absolute Gasteiger partial charge is 0.243 e. The zero-order chi connectivity index (χ0) is 21.8. The van der Waals surface area contributed by atoms with Gasteiger partial charge in [-0.05, 0) is 61.7 Å². The molecular weight excluding hydrogens is 420 g/mol. The third-order valence-corrected chi connectivity index (χ3v) is 7.41. The predicted octanol–water partition coefficient (Wildman–Crippen LogP) is 2.53. The fourth-order valence-corrected chi connectivity index (χ4v) is 5.24. The monoisotopic (exact) mass is 446 g/mol. The van der Waals surface area contributed by atoms with Crippen LogP contribution in [0.25, 0.3) is 0 Å². The molecule has 9 heteroatoms. The summed E-state index contributed by atoms with van der Waals surface area (Å²) in [7, 11) is -3.58. The second kappa shape index (κ2) is 9.15. The Hall–Kier alpha value is -2.78. The molecule has 2 aromatic rings. The van der Waals surface area contributed by atoms with Crippen LogP contribution in [0.3, 0.4) is 0 Å². The van der Waals surface area contributed by atoms with Crippen LogP contribution in [0.5, 0.6) is 17.2 Å². The van der Waals surface area contributed by atoms with E-state index in [1.165, 1.54) is 4.31 Å². The Morgan fingerprint density at radius 1 is 1.10 bits per heavy atom. The minimum Gasteiger partial charge on any atom is -0.494 e. The van der Waals surface area contributed by atoms with Gasteiger partial charge in [0.05, 0.1) is 11.5 Å². The maximum atomic E-state index is 12.9. The highest BCUT2D eigenvalue weighted by molar-refractivity contribution is 7.89. The van der Waals surface area contributed by atoms with Crippen molar-refractivity contribution < 1.29 is 27.4 Å². The van der Waals surface area contributed by atoms with Gasteiger partial charge in [0.2, 0.25) is 22.7 Å². The van der Waals surface area contributed by atoms with Crippen molar-refractivity contribution in [3.63, 3.8) is 0 Å². The number of ether oxygens (including phenoxy) is 3. The lowest BCUT2D eigenvalue weighted by Crippen LogP contribution is -2.42. The number of carbonyl (C=O) groups is 1. The van der Waals surface area contributed by atoms with E-state index in [-0.39, 0.29) is 23.5 Å². The SMILES string of the molecule is CCOc1ccc(S(=O)(=O)N2CCC(C(=O)NCc3ccc4c(c3)OCO4)CC2)cc1. The lowest BCUT2D eigenvalue weighted by atomic mass is 9.97. The minimum atomic E-state index is -3.58. The molecule has 1 saturated heterocycles. The Balaban J connectivity index is 1.29. The van der Waals surface area contributed by atoms with Crippen LogP contribution in [0.1, 0.15) is 25.3 Å². The maximum absolute atomic E-state index is 12.9. The maximum Gasteiger partial charge on any atom is 0.243 e. The number of fused-ring (bicyclic) bond motifs is 1. The molecule has 0 bridgehead atoms. The number of nitrogens with one attached hydrogen (secondary N) is 1. The Bertz CT molecular complexity index is 1030. The van der Waals surface area contributed by atoms with Crippen molar-refractivity contribution >= 4 is 15.9 Å². The van der Waals surface area contributed by atoms with E-state index in [9.17, 15) is 13.2 Å². The Morgan fingerprint density at radius 3 is 2.52 bits per heavy atom. The molecule has 0 radical (unpaired) electrons. The fourth-order valence-electron chi connectivity index (χ4n) is 3.77. The van der Waals surface area contributed by atoms with Gasteiger partial charge in [0.25, 0.3) is 0 Å². The highest BCUT2D eigenvalue weighted by Crippen LogP contribution is 2.32. The molecule has 2 aliphatic heterocycles. The number of hydrogen-bond donors (Lipinski definition) is 1. The summed E-state index contributed by atoms with van der Waals surface area (Å²) in [4.78, 5) is 12.8. The minimum absolute atomic E-state index is 0.0595. The van der Waals surface area contributed by atoms with Crippen LogP contribution in [-0.2, 0) is 21.4 Å². The molecule has 0 unspecified atom stereocenters. The summed E-state index contributed by atoms with van der Waals surface area (Å²) in [6.45, 7) is 3.63. The zero-order valence-corrected chi connectivity index (χ0v) is 18.2. The molecule has 1 fully saturated rings. The first-order valence-electron chi connectivity index (χ1n) is 10.4. The summed E-state index contributed by atoms with van der Waals surface area (Å²) in [5.41, 5.74) is 0.924. The van der Waals surface area contributed by atoms with Crippen LogP contribution < -0.4 is 19.5 Å². The molecule has 1 amide bonds. The highest BCUT2D eigenvalue weighted by atomic mass is 32.2. The third kappa shape index (κ3) is 4.77. The lowest BCUT2D eigenvalue weighted by molar-refractivity contribution is -0.126. The number of sulfonamides is 1. The quantitative estimate of drug-likeness (QED) is 0.703. The Labute approximate surface area is 182 Å². The third-order valence-electron chi connectivity index (χ3n) is 5.50. The second-order valence-corrected chi connectivity index (χ2v) is 9.43. The van der Waals surface area contributed by atoms with Gasteiger partial charge in [0, 0.05) is 25.6 Å². The zero-order valence-electron chi connectivity index (χ0n) is 17.4. The van der Waals surface area contributed by atoms with Crippen molar-refractivity contribution in [3.05, 3.63) is 48.0 Å². The largest absolute Gasteiger partial charge is 0.494 e. The molecule has 2 aromatic carbocycles. The van der Waals surface area contributed by atoms with Crippen LogP contribution >= 0.6 is 0 Å².